The fourth-order valence-corrected chi connectivity index (χ4v) is 4.42. The molecule has 0 aliphatic rings. The summed E-state index contributed by atoms with van der Waals surface area (Å²) in [7, 11) is 3.59. The van der Waals surface area contributed by atoms with Crippen LogP contribution in [0, 0.1) is 0 Å². The Morgan fingerprint density at radius 2 is 1.25 bits per heavy atom. The third-order valence-corrected chi connectivity index (χ3v) is 7.06. The highest BCUT2D eigenvalue weighted by Crippen LogP contribution is 2.09. The number of aromatic nitrogens is 4. The molecule has 2 heterocycles. The zero-order valence-corrected chi connectivity index (χ0v) is 26.5. The zero-order chi connectivity index (χ0) is 35.8. The SMILES string of the molecule is Cn1ccnc1CN(Cc1nccn1C)C[C@H](NC(=O)CC(=O)NCCCC[C@H](NC(=O)N[C@@H](CCC(=O)O)C(=O)O)C(=O)O)C(=O)O. The highest BCUT2D eigenvalue weighted by molar-refractivity contribution is 5.98. The average Bonchev–Trinajstić information content (AvgIpc) is 3.59. The number of carbonyl (C=O) groups is 7. The highest BCUT2D eigenvalue weighted by Gasteiger charge is 2.27. The van der Waals surface area contributed by atoms with Gasteiger partial charge in [-0.2, -0.15) is 0 Å². The number of nitrogens with one attached hydrogen (secondary N) is 4. The third kappa shape index (κ3) is 13.8. The maximum atomic E-state index is 12.6. The van der Waals surface area contributed by atoms with Gasteiger partial charge in [0.25, 0.3) is 0 Å². The first kappa shape index (κ1) is 38.7. The second-order valence-corrected chi connectivity index (χ2v) is 10.9. The summed E-state index contributed by atoms with van der Waals surface area (Å²) in [6.45, 7) is 0.451. The number of unbranched alkanes of at least 4 members (excludes halogenated alkanes) is 1. The van der Waals surface area contributed by atoms with Gasteiger partial charge in [-0.3, -0.25) is 19.3 Å². The van der Waals surface area contributed by atoms with Crippen LogP contribution in [0.15, 0.2) is 24.8 Å². The van der Waals surface area contributed by atoms with Crippen LogP contribution in [0.3, 0.4) is 0 Å². The second kappa shape index (κ2) is 19.2. The molecule has 0 unspecified atom stereocenters. The van der Waals surface area contributed by atoms with Gasteiger partial charge in [-0.05, 0) is 25.7 Å². The molecule has 0 radical (unpaired) electrons. The number of carboxylic acid groups (broad SMARTS) is 4. The summed E-state index contributed by atoms with van der Waals surface area (Å²) in [5, 5.41) is 46.1. The minimum Gasteiger partial charge on any atom is -0.481 e. The molecule has 2 aromatic heterocycles. The van der Waals surface area contributed by atoms with Crippen LogP contribution in [0.1, 0.15) is 50.2 Å². The molecule has 48 heavy (non-hydrogen) atoms. The van der Waals surface area contributed by atoms with Gasteiger partial charge >= 0.3 is 29.9 Å². The smallest absolute Gasteiger partial charge is 0.327 e. The van der Waals surface area contributed by atoms with Crippen molar-refractivity contribution in [3.63, 3.8) is 0 Å². The van der Waals surface area contributed by atoms with Crippen molar-refractivity contribution in [2.24, 2.45) is 14.1 Å². The van der Waals surface area contributed by atoms with Crippen molar-refractivity contribution in [3.05, 3.63) is 36.4 Å². The van der Waals surface area contributed by atoms with E-state index in [9.17, 15) is 43.8 Å². The molecule has 8 N–H and O–H groups in total. The predicted octanol–water partition coefficient (Wildman–Crippen LogP) is -1.53. The van der Waals surface area contributed by atoms with Crippen LogP contribution in [0.4, 0.5) is 4.79 Å². The summed E-state index contributed by atoms with van der Waals surface area (Å²) in [6, 6.07) is -5.39. The summed E-state index contributed by atoms with van der Waals surface area (Å²) in [5.41, 5.74) is 0. The Bertz CT molecular complexity index is 1400. The average molecular weight is 680 g/mol. The van der Waals surface area contributed by atoms with Crippen LogP contribution >= 0.6 is 0 Å². The van der Waals surface area contributed by atoms with Crippen LogP contribution in [-0.2, 0) is 56.0 Å². The lowest BCUT2D eigenvalue weighted by Gasteiger charge is -2.25. The largest absolute Gasteiger partial charge is 0.481 e. The van der Waals surface area contributed by atoms with Gasteiger partial charge in [-0.25, -0.2) is 29.1 Å². The van der Waals surface area contributed by atoms with Crippen LogP contribution in [-0.4, -0.2) is 117 Å². The predicted molar refractivity (Wildman–Crippen MR) is 163 cm³/mol. The molecule has 20 heteroatoms. The molecule has 0 spiro atoms. The summed E-state index contributed by atoms with van der Waals surface area (Å²) < 4.78 is 3.56. The number of carboxylic acids is 4. The lowest BCUT2D eigenvalue weighted by Crippen LogP contribution is -2.51. The normalized spacial score (nSPS) is 12.8. The van der Waals surface area contributed by atoms with Crippen LogP contribution in [0.2, 0.25) is 0 Å². The van der Waals surface area contributed by atoms with Gasteiger partial charge in [-0.15, -0.1) is 0 Å². The third-order valence-electron chi connectivity index (χ3n) is 7.06. The molecule has 0 bridgehead atoms. The van der Waals surface area contributed by atoms with Gasteiger partial charge in [0.05, 0.1) is 13.1 Å². The molecular weight excluding hydrogens is 638 g/mol. The van der Waals surface area contributed by atoms with Crippen molar-refractivity contribution in [1.82, 2.24) is 45.3 Å². The number of aryl methyl sites for hydroxylation is 2. The fourth-order valence-electron chi connectivity index (χ4n) is 4.42. The van der Waals surface area contributed by atoms with Crippen molar-refractivity contribution in [2.45, 2.75) is 69.7 Å². The van der Waals surface area contributed by atoms with E-state index in [-0.39, 0.29) is 45.4 Å². The molecule has 264 valence electrons. The van der Waals surface area contributed by atoms with Crippen molar-refractivity contribution in [3.8, 4) is 0 Å². The molecule has 0 fully saturated rings. The number of urea groups is 1. The van der Waals surface area contributed by atoms with Crippen molar-refractivity contribution in [2.75, 3.05) is 13.1 Å². The summed E-state index contributed by atoms with van der Waals surface area (Å²) >= 11 is 0. The molecule has 2 aromatic rings. The molecule has 0 aliphatic carbocycles. The van der Waals surface area contributed by atoms with Crippen LogP contribution in [0.25, 0.3) is 0 Å². The molecule has 0 aliphatic heterocycles. The lowest BCUT2D eigenvalue weighted by atomic mass is 10.1. The minimum atomic E-state index is -1.54. The number of hydrogen-bond donors (Lipinski definition) is 8. The Kier molecular flexibility index (Phi) is 15.5. The fraction of sp³-hybridized carbons (Fsp3) is 0.536. The van der Waals surface area contributed by atoms with Gasteiger partial charge in [0, 0.05) is 58.4 Å². The van der Waals surface area contributed by atoms with E-state index in [0.29, 0.717) is 11.6 Å². The molecule has 20 nitrogen and oxygen atoms in total. The van der Waals surface area contributed by atoms with Crippen molar-refractivity contribution < 1.29 is 54.0 Å². The Morgan fingerprint density at radius 1 is 0.729 bits per heavy atom. The number of carbonyl (C=O) groups excluding carboxylic acids is 3. The Balaban J connectivity index is 1.81. The van der Waals surface area contributed by atoms with E-state index in [2.05, 4.69) is 25.9 Å². The van der Waals surface area contributed by atoms with E-state index in [1.807, 2.05) is 5.32 Å². The Morgan fingerprint density at radius 3 is 1.71 bits per heavy atom. The maximum Gasteiger partial charge on any atom is 0.327 e. The Hall–Kier alpha value is -5.53. The topological polar surface area (TPSA) is 287 Å². The van der Waals surface area contributed by atoms with Gasteiger partial charge < -0.3 is 50.8 Å². The highest BCUT2D eigenvalue weighted by atomic mass is 16.4. The molecule has 0 saturated heterocycles. The molecule has 4 amide bonds. The maximum absolute atomic E-state index is 12.6. The van der Waals surface area contributed by atoms with E-state index in [4.69, 9.17) is 10.2 Å². The summed E-state index contributed by atoms with van der Waals surface area (Å²) in [5.74, 6) is -5.64. The molecule has 2 rings (SSSR count). The van der Waals surface area contributed by atoms with E-state index in [0.717, 1.165) is 0 Å². The zero-order valence-electron chi connectivity index (χ0n) is 26.5. The molecular formula is C28H41N9O11. The quantitative estimate of drug-likeness (QED) is 0.0518. The van der Waals surface area contributed by atoms with Gasteiger partial charge in [0.2, 0.25) is 11.8 Å². The summed E-state index contributed by atoms with van der Waals surface area (Å²) in [6.07, 6.45) is 5.50. The van der Waals surface area contributed by atoms with Gasteiger partial charge in [0.15, 0.2) is 0 Å². The first-order chi connectivity index (χ1) is 22.7. The number of aliphatic carboxylic acids is 4. The van der Waals surface area contributed by atoms with Gasteiger partial charge in [-0.1, -0.05) is 0 Å². The van der Waals surface area contributed by atoms with Crippen LogP contribution in [0.5, 0.6) is 0 Å². The number of hydrogen-bond acceptors (Lipinski definition) is 10. The van der Waals surface area contributed by atoms with E-state index >= 15 is 0 Å². The van der Waals surface area contributed by atoms with E-state index < -0.39 is 79.1 Å². The number of nitrogens with zero attached hydrogens (tertiary/aromatic N) is 5. The van der Waals surface area contributed by atoms with E-state index in [1.165, 1.54) is 0 Å². The molecule has 0 aromatic carbocycles. The number of rotatable bonds is 22. The molecule has 0 saturated carbocycles. The number of imidazole rings is 2. The Labute approximate surface area is 274 Å². The standard InChI is InChI=1S/C28H41N9O11/c1-35-11-9-29-20(35)15-37(16-21-30-10-12-36(21)2)14-19(27(46)47)32-23(39)13-22(38)31-8-4-3-5-17(25(42)43)33-28(48)34-18(26(44)45)6-7-24(40)41/h9-12,17-19H,3-8,13-16H2,1-2H3,(H,31,38)(H,32,39)(H,40,41)(H,42,43)(H,44,45)(H,46,47)(H2,33,34,48)/t17-,18-,19-/m0/s1. The monoisotopic (exact) mass is 679 g/mol. The number of amides is 4. The van der Waals surface area contributed by atoms with Crippen molar-refractivity contribution in [1.29, 1.82) is 0 Å². The first-order valence-electron chi connectivity index (χ1n) is 14.8. The molecule has 3 atom stereocenters. The van der Waals surface area contributed by atoms with E-state index in [1.54, 1.807) is 52.9 Å². The van der Waals surface area contributed by atoms with Gasteiger partial charge in [0.1, 0.15) is 36.2 Å². The minimum absolute atomic E-state index is 0.0460. The van der Waals surface area contributed by atoms with Crippen LogP contribution < -0.4 is 21.3 Å². The first-order valence-corrected chi connectivity index (χ1v) is 14.8. The lowest BCUT2D eigenvalue weighted by molar-refractivity contribution is -0.143. The summed E-state index contributed by atoms with van der Waals surface area (Å²) in [4.78, 5) is 92.8. The van der Waals surface area contributed by atoms with Crippen molar-refractivity contribution >= 4 is 41.7 Å². The second-order valence-electron chi connectivity index (χ2n) is 10.9.